The minimum atomic E-state index is -0.0534. The standard InChI is InChI=1S/C16H27N3O2S/c1-7-21-12(4)15-17-11(3)14(22-15)16(20)19-8-10(2)13(9-19)18(5)6/h10,12-13H,7-9H2,1-6H3/t10-,12+,13+/m0/s1. The molecule has 0 bridgehead atoms. The molecule has 0 N–H and O–H groups in total. The van der Waals surface area contributed by atoms with E-state index in [4.69, 9.17) is 4.74 Å². The Morgan fingerprint density at radius 2 is 2.18 bits per heavy atom. The zero-order chi connectivity index (χ0) is 16.4. The highest BCUT2D eigenvalue weighted by Crippen LogP contribution is 2.29. The summed E-state index contributed by atoms with van der Waals surface area (Å²) in [5, 5.41) is 0.888. The van der Waals surface area contributed by atoms with Crippen LogP contribution in [0.25, 0.3) is 0 Å². The van der Waals surface area contributed by atoms with Crippen molar-refractivity contribution < 1.29 is 9.53 Å². The van der Waals surface area contributed by atoms with Crippen LogP contribution in [0.3, 0.4) is 0 Å². The van der Waals surface area contributed by atoms with E-state index in [-0.39, 0.29) is 12.0 Å². The van der Waals surface area contributed by atoms with Crippen LogP contribution < -0.4 is 0 Å². The summed E-state index contributed by atoms with van der Waals surface area (Å²) < 4.78 is 5.58. The van der Waals surface area contributed by atoms with Gasteiger partial charge in [0.2, 0.25) is 0 Å². The molecule has 1 amide bonds. The van der Waals surface area contributed by atoms with Crippen molar-refractivity contribution in [2.45, 2.75) is 39.8 Å². The lowest BCUT2D eigenvalue weighted by Gasteiger charge is -2.22. The first-order chi connectivity index (χ1) is 10.3. The van der Waals surface area contributed by atoms with Crippen LogP contribution in [0.1, 0.15) is 47.2 Å². The lowest BCUT2D eigenvalue weighted by molar-refractivity contribution is 0.0761. The number of likely N-dealkylation sites (N-methyl/N-ethyl adjacent to an activating group) is 1. The molecule has 1 saturated heterocycles. The van der Waals surface area contributed by atoms with Gasteiger partial charge in [0.1, 0.15) is 16.0 Å². The number of amides is 1. The quantitative estimate of drug-likeness (QED) is 0.835. The van der Waals surface area contributed by atoms with Gasteiger partial charge in [-0.3, -0.25) is 4.79 Å². The molecule has 124 valence electrons. The van der Waals surface area contributed by atoms with Crippen LogP contribution >= 0.6 is 11.3 Å². The first-order valence-corrected chi connectivity index (χ1v) is 8.71. The molecule has 1 aliphatic heterocycles. The monoisotopic (exact) mass is 325 g/mol. The lowest BCUT2D eigenvalue weighted by Crippen LogP contribution is -2.35. The first kappa shape index (κ1) is 17.4. The van der Waals surface area contributed by atoms with E-state index < -0.39 is 0 Å². The molecule has 2 heterocycles. The number of aryl methyl sites for hydroxylation is 1. The van der Waals surface area contributed by atoms with E-state index in [0.29, 0.717) is 18.6 Å². The number of ether oxygens (including phenoxy) is 1. The summed E-state index contributed by atoms with van der Waals surface area (Å²) in [4.78, 5) is 22.3. The smallest absolute Gasteiger partial charge is 0.265 e. The van der Waals surface area contributed by atoms with Gasteiger partial charge in [-0.2, -0.15) is 0 Å². The third-order valence-corrected chi connectivity index (χ3v) is 5.60. The molecule has 1 aromatic rings. The third kappa shape index (κ3) is 3.50. The summed E-state index contributed by atoms with van der Waals surface area (Å²) in [6.07, 6.45) is -0.0534. The van der Waals surface area contributed by atoms with E-state index in [2.05, 4.69) is 30.9 Å². The van der Waals surface area contributed by atoms with E-state index in [1.165, 1.54) is 11.3 Å². The highest BCUT2D eigenvalue weighted by Gasteiger charge is 2.35. The largest absolute Gasteiger partial charge is 0.372 e. The highest BCUT2D eigenvalue weighted by atomic mass is 32.1. The molecule has 0 aliphatic carbocycles. The van der Waals surface area contributed by atoms with Gasteiger partial charge in [0.25, 0.3) is 5.91 Å². The summed E-state index contributed by atoms with van der Waals surface area (Å²) in [6.45, 7) is 10.3. The number of hydrogen-bond acceptors (Lipinski definition) is 5. The van der Waals surface area contributed by atoms with Gasteiger partial charge in [0.05, 0.1) is 5.69 Å². The fourth-order valence-electron chi connectivity index (χ4n) is 3.04. The van der Waals surface area contributed by atoms with Crippen LogP contribution in [-0.2, 0) is 4.74 Å². The van der Waals surface area contributed by atoms with Gasteiger partial charge in [-0.05, 0) is 40.8 Å². The third-order valence-electron chi connectivity index (χ3n) is 4.29. The molecule has 6 heteroatoms. The first-order valence-electron chi connectivity index (χ1n) is 7.89. The van der Waals surface area contributed by atoms with Crippen molar-refractivity contribution in [1.82, 2.24) is 14.8 Å². The van der Waals surface area contributed by atoms with Crippen LogP contribution in [0.15, 0.2) is 0 Å². The maximum atomic E-state index is 12.8. The Labute approximate surface area is 137 Å². The topological polar surface area (TPSA) is 45.7 Å². The Bertz CT molecular complexity index is 529. The van der Waals surface area contributed by atoms with Crippen molar-refractivity contribution in [3.8, 4) is 0 Å². The number of thiazole rings is 1. The van der Waals surface area contributed by atoms with Crippen LogP contribution in [-0.4, -0.2) is 60.5 Å². The Hall–Kier alpha value is -0.980. The summed E-state index contributed by atoms with van der Waals surface area (Å²) in [5.41, 5.74) is 0.817. The minimum Gasteiger partial charge on any atom is -0.372 e. The van der Waals surface area contributed by atoms with Crippen LogP contribution in [0, 0.1) is 12.8 Å². The Balaban J connectivity index is 2.13. The SMILES string of the molecule is CCO[C@H](C)c1nc(C)c(C(=O)N2C[C@@H](N(C)C)[C@@H](C)C2)s1. The van der Waals surface area contributed by atoms with Crippen molar-refractivity contribution in [2.24, 2.45) is 5.92 Å². The Kier molecular flexibility index (Phi) is 5.58. The second kappa shape index (κ2) is 7.06. The normalized spacial score (nSPS) is 23.3. The fourth-order valence-corrected chi connectivity index (χ4v) is 4.08. The zero-order valence-corrected chi connectivity index (χ0v) is 15.2. The Morgan fingerprint density at radius 3 is 2.73 bits per heavy atom. The van der Waals surface area contributed by atoms with Gasteiger partial charge in [0.15, 0.2) is 0 Å². The highest BCUT2D eigenvalue weighted by molar-refractivity contribution is 7.13. The van der Waals surface area contributed by atoms with E-state index >= 15 is 0 Å². The van der Waals surface area contributed by atoms with Gasteiger partial charge in [0, 0.05) is 25.7 Å². The van der Waals surface area contributed by atoms with Crippen molar-refractivity contribution in [2.75, 3.05) is 33.8 Å². The molecular weight excluding hydrogens is 298 g/mol. The molecule has 0 aromatic carbocycles. The minimum absolute atomic E-state index is 0.0534. The average molecular weight is 325 g/mol. The fraction of sp³-hybridized carbons (Fsp3) is 0.750. The van der Waals surface area contributed by atoms with Crippen LogP contribution in [0.4, 0.5) is 0 Å². The molecule has 0 spiro atoms. The summed E-state index contributed by atoms with van der Waals surface area (Å²) in [5.74, 6) is 0.607. The van der Waals surface area contributed by atoms with Crippen molar-refractivity contribution in [3.05, 3.63) is 15.6 Å². The number of rotatable bonds is 5. The van der Waals surface area contributed by atoms with Gasteiger partial charge in [-0.25, -0.2) is 4.98 Å². The van der Waals surface area contributed by atoms with Crippen molar-refractivity contribution >= 4 is 17.2 Å². The predicted octanol–water partition coefficient (Wildman–Crippen LogP) is 2.57. The molecule has 3 atom stereocenters. The molecule has 0 radical (unpaired) electrons. The van der Waals surface area contributed by atoms with Crippen molar-refractivity contribution in [1.29, 1.82) is 0 Å². The summed E-state index contributed by atoms with van der Waals surface area (Å²) in [6, 6.07) is 0.430. The van der Waals surface area contributed by atoms with E-state index in [9.17, 15) is 4.79 Å². The maximum absolute atomic E-state index is 12.8. The summed E-state index contributed by atoms with van der Waals surface area (Å²) in [7, 11) is 4.16. The summed E-state index contributed by atoms with van der Waals surface area (Å²) >= 11 is 1.47. The average Bonchev–Trinajstić information content (AvgIpc) is 3.02. The molecule has 22 heavy (non-hydrogen) atoms. The van der Waals surface area contributed by atoms with Gasteiger partial charge in [-0.15, -0.1) is 11.3 Å². The maximum Gasteiger partial charge on any atom is 0.265 e. The zero-order valence-electron chi connectivity index (χ0n) is 14.4. The van der Waals surface area contributed by atoms with Crippen LogP contribution in [0.2, 0.25) is 0 Å². The molecule has 1 aromatic heterocycles. The second-order valence-corrected chi connectivity index (χ2v) is 7.31. The second-order valence-electron chi connectivity index (χ2n) is 6.28. The van der Waals surface area contributed by atoms with E-state index in [1.54, 1.807) is 0 Å². The number of hydrogen-bond donors (Lipinski definition) is 0. The number of carbonyl (C=O) groups excluding carboxylic acids is 1. The predicted molar refractivity (Wildman–Crippen MR) is 89.4 cm³/mol. The molecule has 2 rings (SSSR count). The number of nitrogens with zero attached hydrogens (tertiary/aromatic N) is 3. The molecule has 0 unspecified atom stereocenters. The molecular formula is C16H27N3O2S. The van der Waals surface area contributed by atoms with Crippen molar-refractivity contribution in [3.63, 3.8) is 0 Å². The van der Waals surface area contributed by atoms with Gasteiger partial charge < -0.3 is 14.5 Å². The Morgan fingerprint density at radius 1 is 1.50 bits per heavy atom. The molecule has 0 saturated carbocycles. The number of likely N-dealkylation sites (tertiary alicyclic amines) is 1. The molecule has 1 aliphatic rings. The number of aromatic nitrogens is 1. The van der Waals surface area contributed by atoms with Gasteiger partial charge >= 0.3 is 0 Å². The lowest BCUT2D eigenvalue weighted by atomic mass is 10.1. The molecule has 5 nitrogen and oxygen atoms in total. The van der Waals surface area contributed by atoms with E-state index in [0.717, 1.165) is 28.7 Å². The van der Waals surface area contributed by atoms with E-state index in [1.807, 2.05) is 25.7 Å². The molecule has 1 fully saturated rings. The number of carbonyl (C=O) groups is 1. The van der Waals surface area contributed by atoms with Gasteiger partial charge in [-0.1, -0.05) is 6.92 Å². The van der Waals surface area contributed by atoms with Crippen LogP contribution in [0.5, 0.6) is 0 Å².